The number of benzene rings is 1. The quantitative estimate of drug-likeness (QED) is 0.825. The Labute approximate surface area is 134 Å². The second-order valence-electron chi connectivity index (χ2n) is 5.28. The van der Waals surface area contributed by atoms with Crippen LogP contribution in [0.2, 0.25) is 5.02 Å². The monoisotopic (exact) mass is 347 g/mol. The molecule has 1 aliphatic heterocycles. The van der Waals surface area contributed by atoms with Gasteiger partial charge in [0.25, 0.3) is 0 Å². The molecular formula is C14H18ClNO5S. The summed E-state index contributed by atoms with van der Waals surface area (Å²) in [6.45, 7) is 0.986. The molecule has 0 aliphatic carbocycles. The normalized spacial score (nSPS) is 14.3. The summed E-state index contributed by atoms with van der Waals surface area (Å²) in [6, 6.07) is 3.14. The van der Waals surface area contributed by atoms with Gasteiger partial charge in [-0.1, -0.05) is 11.6 Å². The number of amides is 1. The predicted molar refractivity (Wildman–Crippen MR) is 83.2 cm³/mol. The van der Waals surface area contributed by atoms with Crippen LogP contribution in [-0.2, 0) is 20.4 Å². The van der Waals surface area contributed by atoms with Gasteiger partial charge in [-0.15, -0.1) is 0 Å². The first-order valence-electron chi connectivity index (χ1n) is 6.77. The first kappa shape index (κ1) is 16.9. The maximum atomic E-state index is 12.1. The zero-order valence-corrected chi connectivity index (χ0v) is 14.0. The zero-order chi connectivity index (χ0) is 16.3. The lowest BCUT2D eigenvalue weighted by molar-refractivity contribution is -0.125. The highest BCUT2D eigenvalue weighted by Gasteiger charge is 2.21. The van der Waals surface area contributed by atoms with Crippen LogP contribution in [0, 0.1) is 0 Å². The SMILES string of the molecule is CN(C)C(=O)CS(=O)(=O)Cc1cc(Cl)c2c(c1)OCCCO2. The molecule has 0 atom stereocenters. The van der Waals surface area contributed by atoms with E-state index in [0.717, 1.165) is 6.42 Å². The molecule has 1 aromatic rings. The zero-order valence-electron chi connectivity index (χ0n) is 12.5. The minimum atomic E-state index is -3.58. The van der Waals surface area contributed by atoms with E-state index in [-0.39, 0.29) is 5.75 Å². The molecule has 22 heavy (non-hydrogen) atoms. The molecule has 0 saturated carbocycles. The molecule has 122 valence electrons. The van der Waals surface area contributed by atoms with Crippen LogP contribution in [0.1, 0.15) is 12.0 Å². The molecule has 0 radical (unpaired) electrons. The van der Waals surface area contributed by atoms with Gasteiger partial charge in [-0.3, -0.25) is 4.79 Å². The van der Waals surface area contributed by atoms with Crippen molar-refractivity contribution in [3.05, 3.63) is 22.7 Å². The molecule has 8 heteroatoms. The van der Waals surface area contributed by atoms with Gasteiger partial charge in [-0.25, -0.2) is 8.42 Å². The summed E-state index contributed by atoms with van der Waals surface area (Å²) in [5.41, 5.74) is 0.473. The lowest BCUT2D eigenvalue weighted by Crippen LogP contribution is -2.29. The number of carbonyl (C=O) groups excluding carboxylic acids is 1. The Morgan fingerprint density at radius 2 is 1.95 bits per heavy atom. The summed E-state index contributed by atoms with van der Waals surface area (Å²) in [5.74, 6) is -0.395. The van der Waals surface area contributed by atoms with Crippen molar-refractivity contribution < 1.29 is 22.7 Å². The maximum absolute atomic E-state index is 12.1. The van der Waals surface area contributed by atoms with Gasteiger partial charge in [-0.05, 0) is 17.7 Å². The van der Waals surface area contributed by atoms with Gasteiger partial charge in [0.1, 0.15) is 5.75 Å². The molecule has 2 rings (SSSR count). The van der Waals surface area contributed by atoms with Crippen molar-refractivity contribution >= 4 is 27.3 Å². The fourth-order valence-electron chi connectivity index (χ4n) is 1.99. The number of carbonyl (C=O) groups is 1. The highest BCUT2D eigenvalue weighted by atomic mass is 35.5. The van der Waals surface area contributed by atoms with Crippen molar-refractivity contribution in [2.75, 3.05) is 33.1 Å². The van der Waals surface area contributed by atoms with E-state index in [2.05, 4.69) is 0 Å². The maximum Gasteiger partial charge on any atom is 0.237 e. The number of sulfone groups is 1. The molecule has 0 spiro atoms. The Morgan fingerprint density at radius 1 is 1.27 bits per heavy atom. The van der Waals surface area contributed by atoms with Crippen LogP contribution in [0.3, 0.4) is 0 Å². The van der Waals surface area contributed by atoms with Crippen molar-refractivity contribution in [3.8, 4) is 11.5 Å². The average molecular weight is 348 g/mol. The second kappa shape index (κ2) is 6.75. The summed E-state index contributed by atoms with van der Waals surface area (Å²) in [4.78, 5) is 12.8. The number of nitrogens with zero attached hydrogens (tertiary/aromatic N) is 1. The number of hydrogen-bond donors (Lipinski definition) is 0. The number of ether oxygens (including phenoxy) is 2. The third-order valence-corrected chi connectivity index (χ3v) is 4.83. The third kappa shape index (κ3) is 4.27. The molecule has 1 heterocycles. The second-order valence-corrected chi connectivity index (χ2v) is 7.75. The smallest absolute Gasteiger partial charge is 0.237 e. The number of hydrogen-bond acceptors (Lipinski definition) is 5. The molecule has 0 bridgehead atoms. The molecule has 1 amide bonds. The Morgan fingerprint density at radius 3 is 2.64 bits per heavy atom. The fourth-order valence-corrected chi connectivity index (χ4v) is 3.69. The van der Waals surface area contributed by atoms with Gasteiger partial charge in [0.15, 0.2) is 21.3 Å². The molecule has 0 aromatic heterocycles. The van der Waals surface area contributed by atoms with Gasteiger partial charge in [-0.2, -0.15) is 0 Å². The topological polar surface area (TPSA) is 72.9 Å². The van der Waals surface area contributed by atoms with Crippen LogP contribution in [0.25, 0.3) is 0 Å². The van der Waals surface area contributed by atoms with Crippen molar-refractivity contribution in [3.63, 3.8) is 0 Å². The number of halogens is 1. The fraction of sp³-hybridized carbons (Fsp3) is 0.500. The van der Waals surface area contributed by atoms with Gasteiger partial charge < -0.3 is 14.4 Å². The van der Waals surface area contributed by atoms with E-state index in [4.69, 9.17) is 21.1 Å². The van der Waals surface area contributed by atoms with Crippen LogP contribution in [0.5, 0.6) is 11.5 Å². The van der Waals surface area contributed by atoms with Gasteiger partial charge in [0.05, 0.1) is 24.0 Å². The molecule has 0 N–H and O–H groups in total. The molecule has 0 saturated heterocycles. The molecule has 1 aromatic carbocycles. The predicted octanol–water partition coefficient (Wildman–Crippen LogP) is 1.50. The number of fused-ring (bicyclic) bond motifs is 1. The van der Waals surface area contributed by atoms with E-state index < -0.39 is 21.5 Å². The summed E-state index contributed by atoms with van der Waals surface area (Å²) in [5, 5.41) is 0.309. The van der Waals surface area contributed by atoms with E-state index >= 15 is 0 Å². The Bertz CT molecular complexity index is 672. The minimum Gasteiger partial charge on any atom is -0.489 e. The highest BCUT2D eigenvalue weighted by Crippen LogP contribution is 2.38. The van der Waals surface area contributed by atoms with E-state index in [1.54, 1.807) is 6.07 Å². The Balaban J connectivity index is 2.21. The van der Waals surface area contributed by atoms with Crippen LogP contribution in [0.4, 0.5) is 0 Å². The lowest BCUT2D eigenvalue weighted by Gasteiger charge is -2.13. The van der Waals surface area contributed by atoms with E-state index in [9.17, 15) is 13.2 Å². The first-order valence-corrected chi connectivity index (χ1v) is 8.97. The molecular weight excluding hydrogens is 330 g/mol. The van der Waals surface area contributed by atoms with Crippen molar-refractivity contribution in [2.45, 2.75) is 12.2 Å². The van der Waals surface area contributed by atoms with E-state index in [1.807, 2.05) is 0 Å². The average Bonchev–Trinajstić information content (AvgIpc) is 2.62. The van der Waals surface area contributed by atoms with Crippen LogP contribution in [-0.4, -0.2) is 52.3 Å². The van der Waals surface area contributed by atoms with Crippen LogP contribution in [0.15, 0.2) is 12.1 Å². The van der Waals surface area contributed by atoms with Gasteiger partial charge >= 0.3 is 0 Å². The van der Waals surface area contributed by atoms with Crippen molar-refractivity contribution in [1.29, 1.82) is 0 Å². The largest absolute Gasteiger partial charge is 0.489 e. The Hall–Kier alpha value is -1.47. The van der Waals surface area contributed by atoms with E-state index in [0.29, 0.717) is 35.3 Å². The molecule has 0 unspecified atom stereocenters. The summed E-state index contributed by atoms with van der Waals surface area (Å²) in [6.07, 6.45) is 0.732. The first-order chi connectivity index (χ1) is 10.3. The van der Waals surface area contributed by atoms with Gasteiger partial charge in [0, 0.05) is 20.5 Å². The molecule has 0 fully saturated rings. The Kier molecular flexibility index (Phi) is 5.18. The highest BCUT2D eigenvalue weighted by molar-refractivity contribution is 7.91. The summed E-state index contributed by atoms with van der Waals surface area (Å²) >= 11 is 6.13. The lowest BCUT2D eigenvalue weighted by atomic mass is 10.2. The minimum absolute atomic E-state index is 0.275. The van der Waals surface area contributed by atoms with Gasteiger partial charge in [0.2, 0.25) is 5.91 Å². The van der Waals surface area contributed by atoms with Crippen molar-refractivity contribution in [1.82, 2.24) is 4.90 Å². The molecule has 6 nitrogen and oxygen atoms in total. The summed E-state index contributed by atoms with van der Waals surface area (Å²) < 4.78 is 35.2. The number of rotatable bonds is 4. The van der Waals surface area contributed by atoms with Crippen LogP contribution >= 0.6 is 11.6 Å². The standard InChI is InChI=1S/C14H18ClNO5S/c1-16(2)13(17)9-22(18,19)8-10-6-11(15)14-12(7-10)20-4-3-5-21-14/h6-7H,3-5,8-9H2,1-2H3. The van der Waals surface area contributed by atoms with Crippen LogP contribution < -0.4 is 9.47 Å². The third-order valence-electron chi connectivity index (χ3n) is 3.09. The van der Waals surface area contributed by atoms with Crippen molar-refractivity contribution in [2.24, 2.45) is 0 Å². The molecule has 1 aliphatic rings. The van der Waals surface area contributed by atoms with E-state index in [1.165, 1.54) is 25.1 Å². The summed E-state index contributed by atoms with van der Waals surface area (Å²) in [7, 11) is -0.545.